The maximum Gasteiger partial charge on any atom is 0.251 e. The van der Waals surface area contributed by atoms with E-state index in [0.29, 0.717) is 30.2 Å². The van der Waals surface area contributed by atoms with Crippen LogP contribution in [0, 0.1) is 6.92 Å². The predicted molar refractivity (Wildman–Crippen MR) is 103 cm³/mol. The molecular formula is C21H24N2O4. The number of hydrogen-bond acceptors (Lipinski definition) is 4. The molecule has 0 aromatic heterocycles. The number of nitrogens with zero attached hydrogens (tertiary/aromatic N) is 1. The third kappa shape index (κ3) is 4.05. The second kappa shape index (κ2) is 8.12. The third-order valence-corrected chi connectivity index (χ3v) is 4.61. The van der Waals surface area contributed by atoms with Gasteiger partial charge in [0.05, 0.1) is 0 Å². The Labute approximate surface area is 159 Å². The Bertz CT molecular complexity index is 863. The van der Waals surface area contributed by atoms with Gasteiger partial charge < -0.3 is 19.7 Å². The van der Waals surface area contributed by atoms with E-state index in [-0.39, 0.29) is 18.6 Å². The average Bonchev–Trinajstić information content (AvgIpc) is 3.13. The molecule has 3 rings (SSSR count). The topological polar surface area (TPSA) is 67.9 Å². The first kappa shape index (κ1) is 18.8. The van der Waals surface area contributed by atoms with Gasteiger partial charge in [0, 0.05) is 31.3 Å². The van der Waals surface area contributed by atoms with E-state index < -0.39 is 0 Å². The van der Waals surface area contributed by atoms with Gasteiger partial charge in [-0.3, -0.25) is 9.59 Å². The molecule has 0 atom stereocenters. The Morgan fingerprint density at radius 2 is 1.93 bits per heavy atom. The molecule has 27 heavy (non-hydrogen) atoms. The average molecular weight is 368 g/mol. The summed E-state index contributed by atoms with van der Waals surface area (Å²) in [6, 6.07) is 11.1. The van der Waals surface area contributed by atoms with Gasteiger partial charge in [0.2, 0.25) is 12.7 Å². The number of rotatable bonds is 6. The summed E-state index contributed by atoms with van der Waals surface area (Å²) in [4.78, 5) is 26.4. The highest BCUT2D eigenvalue weighted by molar-refractivity contribution is 5.95. The van der Waals surface area contributed by atoms with Crippen LogP contribution in [0.15, 0.2) is 36.4 Å². The third-order valence-electron chi connectivity index (χ3n) is 4.61. The molecule has 6 heteroatoms. The van der Waals surface area contributed by atoms with Crippen molar-refractivity contribution in [2.24, 2.45) is 0 Å². The highest BCUT2D eigenvalue weighted by Crippen LogP contribution is 2.32. The van der Waals surface area contributed by atoms with E-state index >= 15 is 0 Å². The zero-order valence-corrected chi connectivity index (χ0v) is 15.9. The number of fused-ring (bicyclic) bond motifs is 1. The van der Waals surface area contributed by atoms with Crippen molar-refractivity contribution in [2.75, 3.05) is 24.8 Å². The molecule has 0 saturated carbocycles. The van der Waals surface area contributed by atoms with E-state index in [0.717, 1.165) is 23.2 Å². The van der Waals surface area contributed by atoms with Crippen LogP contribution in [0.25, 0.3) is 0 Å². The molecule has 2 amide bonds. The lowest BCUT2D eigenvalue weighted by Crippen LogP contribution is -2.38. The van der Waals surface area contributed by atoms with E-state index in [1.165, 1.54) is 0 Å². The molecule has 6 nitrogen and oxygen atoms in total. The van der Waals surface area contributed by atoms with Crippen LogP contribution < -0.4 is 19.7 Å². The normalized spacial score (nSPS) is 12.0. The van der Waals surface area contributed by atoms with Gasteiger partial charge in [0.1, 0.15) is 0 Å². The number of amides is 2. The first-order chi connectivity index (χ1) is 13.0. The van der Waals surface area contributed by atoms with Crippen LogP contribution in [-0.2, 0) is 11.2 Å². The largest absolute Gasteiger partial charge is 0.454 e. The quantitative estimate of drug-likeness (QED) is 0.851. The number of nitrogens with one attached hydrogen (secondary N) is 1. The van der Waals surface area contributed by atoms with Crippen molar-refractivity contribution in [1.82, 2.24) is 5.32 Å². The van der Waals surface area contributed by atoms with Crippen molar-refractivity contribution in [3.63, 3.8) is 0 Å². The number of carbonyl (C=O) groups excluding carboxylic acids is 2. The van der Waals surface area contributed by atoms with Gasteiger partial charge in [-0.25, -0.2) is 0 Å². The minimum Gasteiger partial charge on any atom is -0.454 e. The molecule has 0 aliphatic carbocycles. The molecule has 2 aromatic rings. The van der Waals surface area contributed by atoms with E-state index in [4.69, 9.17) is 9.47 Å². The van der Waals surface area contributed by atoms with Gasteiger partial charge in [-0.1, -0.05) is 25.1 Å². The Morgan fingerprint density at radius 3 is 2.67 bits per heavy atom. The van der Waals surface area contributed by atoms with E-state index in [9.17, 15) is 9.59 Å². The smallest absolute Gasteiger partial charge is 0.251 e. The lowest BCUT2D eigenvalue weighted by atomic mass is 10.0. The SMILES string of the molecule is CCc1cccc(C)c1N(CCNC(=O)c1ccc2c(c1)OCO2)C(C)=O. The first-order valence-corrected chi connectivity index (χ1v) is 9.05. The molecule has 0 saturated heterocycles. The number of hydrogen-bond donors (Lipinski definition) is 1. The van der Waals surface area contributed by atoms with Crippen molar-refractivity contribution in [2.45, 2.75) is 27.2 Å². The van der Waals surface area contributed by atoms with Crippen molar-refractivity contribution in [3.05, 3.63) is 53.1 Å². The molecule has 1 aliphatic rings. The summed E-state index contributed by atoms with van der Waals surface area (Å²) in [5, 5.41) is 2.87. The minimum absolute atomic E-state index is 0.0451. The van der Waals surface area contributed by atoms with Crippen LogP contribution in [0.5, 0.6) is 11.5 Å². The van der Waals surface area contributed by atoms with Gasteiger partial charge in [-0.2, -0.15) is 0 Å². The summed E-state index contributed by atoms with van der Waals surface area (Å²) in [5.41, 5.74) is 3.60. The van der Waals surface area contributed by atoms with Crippen LogP contribution in [0.1, 0.15) is 35.3 Å². The second-order valence-corrected chi connectivity index (χ2v) is 6.43. The summed E-state index contributed by atoms with van der Waals surface area (Å²) in [6.07, 6.45) is 0.838. The summed E-state index contributed by atoms with van der Waals surface area (Å²) >= 11 is 0. The molecule has 0 bridgehead atoms. The lowest BCUT2D eigenvalue weighted by molar-refractivity contribution is -0.116. The predicted octanol–water partition coefficient (Wildman–Crippen LogP) is 3.07. The lowest BCUT2D eigenvalue weighted by Gasteiger charge is -2.26. The standard InChI is InChI=1S/C21H24N2O4/c1-4-16-7-5-6-14(2)20(16)23(15(3)24)11-10-22-21(25)17-8-9-18-19(12-17)27-13-26-18/h5-9,12H,4,10-11,13H2,1-3H3,(H,22,25). The van der Waals surface area contributed by atoms with Crippen molar-refractivity contribution in [3.8, 4) is 11.5 Å². The molecular weight excluding hydrogens is 344 g/mol. The van der Waals surface area contributed by atoms with Crippen molar-refractivity contribution >= 4 is 17.5 Å². The summed E-state index contributed by atoms with van der Waals surface area (Å²) < 4.78 is 10.6. The number of carbonyl (C=O) groups is 2. The summed E-state index contributed by atoms with van der Waals surface area (Å²) in [6.45, 7) is 6.54. The number of aryl methyl sites for hydroxylation is 2. The molecule has 0 unspecified atom stereocenters. The summed E-state index contributed by atoms with van der Waals surface area (Å²) in [5.74, 6) is 0.954. The molecule has 1 heterocycles. The van der Waals surface area contributed by atoms with Crippen molar-refractivity contribution in [1.29, 1.82) is 0 Å². The maximum absolute atomic E-state index is 12.4. The van der Waals surface area contributed by atoms with Crippen LogP contribution in [0.2, 0.25) is 0 Å². The Hall–Kier alpha value is -3.02. The molecule has 1 aliphatic heterocycles. The van der Waals surface area contributed by atoms with Gasteiger partial charge >= 0.3 is 0 Å². The number of anilines is 1. The molecule has 2 aromatic carbocycles. The monoisotopic (exact) mass is 368 g/mol. The second-order valence-electron chi connectivity index (χ2n) is 6.43. The molecule has 0 fully saturated rings. The van der Waals surface area contributed by atoms with Crippen LogP contribution in [0.3, 0.4) is 0 Å². The van der Waals surface area contributed by atoms with E-state index in [1.54, 1.807) is 30.0 Å². The van der Waals surface area contributed by atoms with Crippen LogP contribution in [-0.4, -0.2) is 31.7 Å². The minimum atomic E-state index is -0.211. The van der Waals surface area contributed by atoms with Gasteiger partial charge in [0.15, 0.2) is 11.5 Å². The Kier molecular flexibility index (Phi) is 5.64. The number of para-hydroxylation sites is 1. The Balaban J connectivity index is 1.67. The fourth-order valence-corrected chi connectivity index (χ4v) is 3.24. The Morgan fingerprint density at radius 1 is 1.15 bits per heavy atom. The van der Waals surface area contributed by atoms with Gasteiger partial charge in [0.25, 0.3) is 5.91 Å². The van der Waals surface area contributed by atoms with Gasteiger partial charge in [-0.15, -0.1) is 0 Å². The van der Waals surface area contributed by atoms with Crippen LogP contribution >= 0.6 is 0 Å². The molecule has 0 radical (unpaired) electrons. The fourth-order valence-electron chi connectivity index (χ4n) is 3.24. The zero-order valence-electron chi connectivity index (χ0n) is 15.9. The first-order valence-electron chi connectivity index (χ1n) is 9.05. The van der Waals surface area contributed by atoms with E-state index in [2.05, 4.69) is 12.2 Å². The summed E-state index contributed by atoms with van der Waals surface area (Å²) in [7, 11) is 0. The molecule has 1 N–H and O–H groups in total. The van der Waals surface area contributed by atoms with E-state index in [1.807, 2.05) is 25.1 Å². The maximum atomic E-state index is 12.4. The van der Waals surface area contributed by atoms with Gasteiger partial charge in [-0.05, 0) is 42.7 Å². The fraction of sp³-hybridized carbons (Fsp3) is 0.333. The molecule has 0 spiro atoms. The number of benzene rings is 2. The highest BCUT2D eigenvalue weighted by atomic mass is 16.7. The number of ether oxygens (including phenoxy) is 2. The molecule has 142 valence electrons. The van der Waals surface area contributed by atoms with Crippen molar-refractivity contribution < 1.29 is 19.1 Å². The zero-order chi connectivity index (χ0) is 19.4. The highest BCUT2D eigenvalue weighted by Gasteiger charge is 2.19. The van der Waals surface area contributed by atoms with Crippen LogP contribution in [0.4, 0.5) is 5.69 Å².